The van der Waals surface area contributed by atoms with Crippen LogP contribution in [0.3, 0.4) is 0 Å². The average molecular weight is 343 g/mol. The molecule has 0 aromatic carbocycles. The predicted molar refractivity (Wildman–Crippen MR) is 98.8 cm³/mol. The van der Waals surface area contributed by atoms with Crippen molar-refractivity contribution in [1.82, 2.24) is 0 Å². The highest BCUT2D eigenvalue weighted by molar-refractivity contribution is 6.99. The molecule has 1 saturated heterocycles. The Balaban J connectivity index is 2.77. The van der Waals surface area contributed by atoms with Crippen molar-refractivity contribution in [3.8, 4) is 0 Å². The van der Waals surface area contributed by atoms with Gasteiger partial charge in [-0.3, -0.25) is 0 Å². The summed E-state index contributed by atoms with van der Waals surface area (Å²) in [7, 11) is -2.94. The Morgan fingerprint density at radius 2 is 1.86 bits per heavy atom. The number of aliphatic carboxylic acids is 1. The summed E-state index contributed by atoms with van der Waals surface area (Å²) in [6.07, 6.45) is 7.58. The summed E-state index contributed by atoms with van der Waals surface area (Å²) in [5, 5.41) is 8.92. The fourth-order valence-electron chi connectivity index (χ4n) is 4.09. The van der Waals surface area contributed by atoms with Gasteiger partial charge >= 0.3 is 5.97 Å². The van der Waals surface area contributed by atoms with Crippen LogP contribution in [0.15, 0.2) is 11.6 Å². The number of hydrogen-bond acceptors (Lipinski definition) is 2. The summed E-state index contributed by atoms with van der Waals surface area (Å²) in [6, 6.07) is 1.22. The third kappa shape index (κ3) is 4.33. The number of allylic oxidation sites excluding steroid dienone is 1. The standard InChI is InChI=1S/C17H34O3Si2/c1-15(16(18)19)11-7-10-14-22(5,6)17(21(2,3)4)12-8-9-13-20-17/h11H,7-10,12-14H2,1-6H3,(H,18,19). The highest BCUT2D eigenvalue weighted by Gasteiger charge is 2.55. The number of hydrogen-bond donors (Lipinski definition) is 1. The van der Waals surface area contributed by atoms with Crippen molar-refractivity contribution < 1.29 is 14.6 Å². The Bertz CT molecular complexity index is 416. The van der Waals surface area contributed by atoms with Crippen molar-refractivity contribution in [2.45, 2.75) is 82.7 Å². The van der Waals surface area contributed by atoms with Crippen molar-refractivity contribution >= 4 is 22.1 Å². The largest absolute Gasteiger partial charge is 0.478 e. The number of rotatable bonds is 7. The maximum atomic E-state index is 10.8. The van der Waals surface area contributed by atoms with Gasteiger partial charge < -0.3 is 9.84 Å². The van der Waals surface area contributed by atoms with Gasteiger partial charge in [0, 0.05) is 17.0 Å². The monoisotopic (exact) mass is 342 g/mol. The minimum Gasteiger partial charge on any atom is -0.478 e. The van der Waals surface area contributed by atoms with Crippen LogP contribution in [-0.4, -0.2) is 38.7 Å². The molecule has 1 aliphatic heterocycles. The lowest BCUT2D eigenvalue weighted by Gasteiger charge is -2.55. The second-order valence-corrected chi connectivity index (χ2v) is 19.2. The summed E-state index contributed by atoms with van der Waals surface area (Å²) in [5.74, 6) is -0.800. The van der Waals surface area contributed by atoms with E-state index in [4.69, 9.17) is 9.84 Å². The van der Waals surface area contributed by atoms with E-state index in [9.17, 15) is 4.79 Å². The molecule has 0 aromatic rings. The summed E-state index contributed by atoms with van der Waals surface area (Å²) in [4.78, 5) is 11.0. The molecule has 0 aliphatic carbocycles. The van der Waals surface area contributed by atoms with Crippen molar-refractivity contribution in [1.29, 1.82) is 0 Å². The molecule has 128 valence electrons. The highest BCUT2D eigenvalue weighted by Crippen LogP contribution is 2.43. The zero-order valence-electron chi connectivity index (χ0n) is 15.3. The Hall–Kier alpha value is -0.396. The second-order valence-electron chi connectivity index (χ2n) is 8.35. The van der Waals surface area contributed by atoms with E-state index in [-0.39, 0.29) is 4.85 Å². The average Bonchev–Trinajstić information content (AvgIpc) is 2.42. The molecule has 1 fully saturated rings. The third-order valence-corrected chi connectivity index (χ3v) is 16.7. The molecule has 1 unspecified atom stereocenters. The van der Waals surface area contributed by atoms with E-state index in [0.29, 0.717) is 5.57 Å². The molecule has 1 heterocycles. The van der Waals surface area contributed by atoms with Crippen LogP contribution in [0.4, 0.5) is 0 Å². The van der Waals surface area contributed by atoms with E-state index in [2.05, 4.69) is 32.7 Å². The van der Waals surface area contributed by atoms with E-state index < -0.39 is 22.1 Å². The van der Waals surface area contributed by atoms with Crippen LogP contribution in [0.1, 0.15) is 39.0 Å². The van der Waals surface area contributed by atoms with Crippen LogP contribution in [0.2, 0.25) is 38.8 Å². The molecule has 0 bridgehead atoms. The molecule has 0 aromatic heterocycles. The Morgan fingerprint density at radius 1 is 1.23 bits per heavy atom. The van der Waals surface area contributed by atoms with Gasteiger partial charge in [-0.15, -0.1) is 0 Å². The Kier molecular flexibility index (Phi) is 6.65. The Morgan fingerprint density at radius 3 is 2.32 bits per heavy atom. The molecule has 0 saturated carbocycles. The number of carboxylic acid groups (broad SMARTS) is 1. The second kappa shape index (κ2) is 7.45. The van der Waals surface area contributed by atoms with Gasteiger partial charge in [0.15, 0.2) is 0 Å². The fourth-order valence-corrected chi connectivity index (χ4v) is 16.9. The molecule has 0 amide bonds. The van der Waals surface area contributed by atoms with Crippen LogP contribution in [0.25, 0.3) is 0 Å². The van der Waals surface area contributed by atoms with E-state index in [1.54, 1.807) is 6.92 Å². The third-order valence-electron chi connectivity index (χ3n) is 5.37. The molecule has 1 rings (SSSR count). The van der Waals surface area contributed by atoms with Gasteiger partial charge in [0.05, 0.1) is 16.1 Å². The van der Waals surface area contributed by atoms with Gasteiger partial charge in [-0.1, -0.05) is 51.3 Å². The molecular weight excluding hydrogens is 308 g/mol. The first kappa shape index (κ1) is 19.7. The van der Waals surface area contributed by atoms with E-state index in [0.717, 1.165) is 19.4 Å². The first-order valence-electron chi connectivity index (χ1n) is 8.57. The summed E-state index contributed by atoms with van der Waals surface area (Å²) >= 11 is 0. The van der Waals surface area contributed by atoms with Gasteiger partial charge in [-0.25, -0.2) is 4.79 Å². The lowest BCUT2D eigenvalue weighted by molar-refractivity contribution is -0.132. The maximum Gasteiger partial charge on any atom is 0.330 e. The van der Waals surface area contributed by atoms with E-state index >= 15 is 0 Å². The predicted octanol–water partition coefficient (Wildman–Crippen LogP) is 4.86. The molecule has 0 radical (unpaired) electrons. The number of unbranched alkanes of at least 4 members (excludes halogenated alkanes) is 1. The fraction of sp³-hybridized carbons (Fsp3) is 0.824. The van der Waals surface area contributed by atoms with Crippen LogP contribution in [-0.2, 0) is 9.53 Å². The molecule has 1 atom stereocenters. The molecule has 5 heteroatoms. The minimum absolute atomic E-state index is 0.184. The van der Waals surface area contributed by atoms with Crippen LogP contribution >= 0.6 is 0 Å². The summed E-state index contributed by atoms with van der Waals surface area (Å²) < 4.78 is 6.53. The molecule has 1 aliphatic rings. The first-order valence-corrected chi connectivity index (χ1v) is 15.3. The van der Waals surface area contributed by atoms with Gasteiger partial charge in [0.1, 0.15) is 0 Å². The maximum absolute atomic E-state index is 10.8. The van der Waals surface area contributed by atoms with E-state index in [1.807, 2.05) is 6.08 Å². The minimum atomic E-state index is -1.52. The summed E-state index contributed by atoms with van der Waals surface area (Å²) in [5.41, 5.74) is 0.466. The zero-order valence-corrected chi connectivity index (χ0v) is 17.3. The number of carbonyl (C=O) groups is 1. The highest BCUT2D eigenvalue weighted by atomic mass is 28.4. The summed E-state index contributed by atoms with van der Waals surface area (Å²) in [6.45, 7) is 15.0. The molecule has 3 nitrogen and oxygen atoms in total. The van der Waals surface area contributed by atoms with Crippen LogP contribution < -0.4 is 0 Å². The van der Waals surface area contributed by atoms with Gasteiger partial charge in [0.2, 0.25) is 0 Å². The molecule has 0 spiro atoms. The number of ether oxygens (including phenoxy) is 1. The smallest absolute Gasteiger partial charge is 0.330 e. The topological polar surface area (TPSA) is 46.5 Å². The molecule has 22 heavy (non-hydrogen) atoms. The first-order chi connectivity index (χ1) is 10.0. The molecule has 1 N–H and O–H groups in total. The quantitative estimate of drug-likeness (QED) is 0.408. The SMILES string of the molecule is CC(=CCCC[Si](C)(C)C1([Si](C)(C)C)CCCCO1)C(=O)O. The Labute approximate surface area is 138 Å². The van der Waals surface area contributed by atoms with Gasteiger partial charge in [-0.05, 0) is 32.6 Å². The lowest BCUT2D eigenvalue weighted by atomic mass is 10.2. The zero-order chi connectivity index (χ0) is 17.0. The van der Waals surface area contributed by atoms with Crippen molar-refractivity contribution in [3.05, 3.63) is 11.6 Å². The lowest BCUT2D eigenvalue weighted by Crippen LogP contribution is -2.70. The van der Waals surface area contributed by atoms with E-state index in [1.165, 1.54) is 25.3 Å². The van der Waals surface area contributed by atoms with Gasteiger partial charge in [-0.2, -0.15) is 0 Å². The normalized spacial score (nSPS) is 24.4. The molecular formula is C17H34O3Si2. The van der Waals surface area contributed by atoms with Gasteiger partial charge in [0.25, 0.3) is 0 Å². The van der Waals surface area contributed by atoms with Crippen molar-refractivity contribution in [2.24, 2.45) is 0 Å². The number of carboxylic acids is 1. The van der Waals surface area contributed by atoms with Crippen molar-refractivity contribution in [2.75, 3.05) is 6.61 Å². The van der Waals surface area contributed by atoms with Crippen LogP contribution in [0.5, 0.6) is 0 Å². The van der Waals surface area contributed by atoms with Crippen LogP contribution in [0, 0.1) is 0 Å². The van der Waals surface area contributed by atoms with Crippen molar-refractivity contribution in [3.63, 3.8) is 0 Å².